The predicted octanol–water partition coefficient (Wildman–Crippen LogP) is 2.71. The van der Waals surface area contributed by atoms with E-state index in [-0.39, 0.29) is 5.91 Å². The molecule has 2 aliphatic rings. The van der Waals surface area contributed by atoms with Gasteiger partial charge in [-0.1, -0.05) is 32.4 Å². The Kier molecular flexibility index (Phi) is 7.30. The molecule has 4 heteroatoms. The average molecular weight is 336 g/mol. The maximum Gasteiger partial charge on any atom is 0.237 e. The van der Waals surface area contributed by atoms with Crippen LogP contribution < -0.4 is 0 Å². The van der Waals surface area contributed by atoms with Crippen LogP contribution in [0.1, 0.15) is 40.0 Å². The van der Waals surface area contributed by atoms with E-state index in [1.54, 1.807) is 5.57 Å². The zero-order valence-corrected chi connectivity index (χ0v) is 16.4. The Morgan fingerprint density at radius 2 is 2.04 bits per heavy atom. The number of likely N-dealkylation sites (N-methyl/N-ethyl adjacent to an activating group) is 1. The minimum absolute atomic E-state index is 0.250. The Morgan fingerprint density at radius 1 is 1.29 bits per heavy atom. The maximum atomic E-state index is 12.1. The molecule has 0 aliphatic carbocycles. The lowest BCUT2D eigenvalue weighted by Crippen LogP contribution is -2.40. The van der Waals surface area contributed by atoms with Crippen LogP contribution in [0.25, 0.3) is 0 Å². The van der Waals surface area contributed by atoms with Crippen LogP contribution in [0.3, 0.4) is 0 Å². The Bertz CT molecular complexity index is 444. The number of nitrogens with zero attached hydrogens (tertiary/aromatic N) is 3. The van der Waals surface area contributed by atoms with E-state index < -0.39 is 0 Å². The van der Waals surface area contributed by atoms with Crippen molar-refractivity contribution in [3.05, 3.63) is 11.6 Å². The highest BCUT2D eigenvalue weighted by Crippen LogP contribution is 2.26. The maximum absolute atomic E-state index is 12.1. The number of amides is 1. The second-order valence-electron chi connectivity index (χ2n) is 8.39. The number of hydrogen-bond donors (Lipinski definition) is 0. The van der Waals surface area contributed by atoms with Crippen molar-refractivity contribution in [2.24, 2.45) is 17.8 Å². The van der Waals surface area contributed by atoms with Crippen LogP contribution in [0.4, 0.5) is 0 Å². The molecule has 0 radical (unpaired) electrons. The molecule has 0 spiro atoms. The molecule has 0 aromatic heterocycles. The summed E-state index contributed by atoms with van der Waals surface area (Å²) in [7, 11) is 3.90. The molecule has 24 heavy (non-hydrogen) atoms. The summed E-state index contributed by atoms with van der Waals surface area (Å²) < 4.78 is 0. The molecule has 0 saturated carbocycles. The van der Waals surface area contributed by atoms with E-state index in [1.165, 1.54) is 32.5 Å². The molecule has 4 nitrogen and oxygen atoms in total. The Morgan fingerprint density at radius 3 is 2.58 bits per heavy atom. The number of carbonyl (C=O) groups excluding carboxylic acids is 1. The first kappa shape index (κ1) is 19.5. The summed E-state index contributed by atoms with van der Waals surface area (Å²) in [4.78, 5) is 18.7. The fourth-order valence-electron chi connectivity index (χ4n) is 3.90. The third-order valence-corrected chi connectivity index (χ3v) is 5.81. The van der Waals surface area contributed by atoms with Gasteiger partial charge in [-0.25, -0.2) is 0 Å². The van der Waals surface area contributed by atoms with E-state index in [4.69, 9.17) is 0 Å². The van der Waals surface area contributed by atoms with Gasteiger partial charge in [0.15, 0.2) is 0 Å². The SMILES string of the molecule is CC(CCN1CCC(C(C)C)C1)C1=CCN(C(=O)CN(C)C)CC1. The fraction of sp³-hybridized carbons (Fsp3) is 0.850. The zero-order chi connectivity index (χ0) is 17.7. The Labute approximate surface area is 148 Å². The monoisotopic (exact) mass is 335 g/mol. The fourth-order valence-corrected chi connectivity index (χ4v) is 3.90. The molecule has 2 heterocycles. The second-order valence-corrected chi connectivity index (χ2v) is 8.39. The normalized spacial score (nSPS) is 23.9. The van der Waals surface area contributed by atoms with E-state index in [0.717, 1.165) is 31.3 Å². The molecule has 138 valence electrons. The first-order valence-corrected chi connectivity index (χ1v) is 9.70. The molecule has 1 saturated heterocycles. The number of rotatable bonds is 7. The van der Waals surface area contributed by atoms with Gasteiger partial charge < -0.3 is 14.7 Å². The van der Waals surface area contributed by atoms with Gasteiger partial charge in [0.05, 0.1) is 6.54 Å². The molecule has 2 unspecified atom stereocenters. The van der Waals surface area contributed by atoms with Crippen LogP contribution in [-0.4, -0.2) is 74.0 Å². The molecule has 0 aromatic rings. The van der Waals surface area contributed by atoms with Crippen LogP contribution in [0, 0.1) is 17.8 Å². The van der Waals surface area contributed by atoms with Gasteiger partial charge in [-0.05, 0) is 64.2 Å². The van der Waals surface area contributed by atoms with Crippen molar-refractivity contribution in [1.82, 2.24) is 14.7 Å². The molecule has 2 atom stereocenters. The van der Waals surface area contributed by atoms with Crippen molar-refractivity contribution in [2.75, 3.05) is 53.4 Å². The number of likely N-dealkylation sites (tertiary alicyclic amines) is 1. The lowest BCUT2D eigenvalue weighted by Gasteiger charge is -2.30. The summed E-state index contributed by atoms with van der Waals surface area (Å²) in [5.41, 5.74) is 1.56. The van der Waals surface area contributed by atoms with Crippen LogP contribution in [0.2, 0.25) is 0 Å². The van der Waals surface area contributed by atoms with E-state index in [0.29, 0.717) is 12.5 Å². The highest BCUT2D eigenvalue weighted by atomic mass is 16.2. The van der Waals surface area contributed by atoms with Crippen molar-refractivity contribution >= 4 is 5.91 Å². The van der Waals surface area contributed by atoms with Gasteiger partial charge in [-0.15, -0.1) is 0 Å². The summed E-state index contributed by atoms with van der Waals surface area (Å²) in [5.74, 6) is 2.61. The first-order chi connectivity index (χ1) is 11.4. The average Bonchev–Trinajstić information content (AvgIpc) is 3.01. The van der Waals surface area contributed by atoms with Crippen LogP contribution >= 0.6 is 0 Å². The third-order valence-electron chi connectivity index (χ3n) is 5.81. The topological polar surface area (TPSA) is 26.8 Å². The highest BCUT2D eigenvalue weighted by molar-refractivity contribution is 5.78. The van der Waals surface area contributed by atoms with E-state index in [2.05, 4.69) is 31.7 Å². The zero-order valence-electron chi connectivity index (χ0n) is 16.4. The molecule has 1 amide bonds. The van der Waals surface area contributed by atoms with Gasteiger partial charge in [0, 0.05) is 19.6 Å². The van der Waals surface area contributed by atoms with E-state index in [9.17, 15) is 4.79 Å². The molecule has 2 rings (SSSR count). The molecule has 2 aliphatic heterocycles. The molecule has 0 N–H and O–H groups in total. The summed E-state index contributed by atoms with van der Waals surface area (Å²) in [6.07, 6.45) is 5.98. The summed E-state index contributed by atoms with van der Waals surface area (Å²) in [6.45, 7) is 13.1. The van der Waals surface area contributed by atoms with Crippen molar-refractivity contribution in [1.29, 1.82) is 0 Å². The van der Waals surface area contributed by atoms with Crippen molar-refractivity contribution < 1.29 is 4.79 Å². The lowest BCUT2D eigenvalue weighted by atomic mass is 9.92. The van der Waals surface area contributed by atoms with Crippen LogP contribution in [0.5, 0.6) is 0 Å². The van der Waals surface area contributed by atoms with Crippen molar-refractivity contribution in [3.63, 3.8) is 0 Å². The smallest absolute Gasteiger partial charge is 0.237 e. The number of hydrogen-bond acceptors (Lipinski definition) is 3. The minimum Gasteiger partial charge on any atom is -0.338 e. The number of carbonyl (C=O) groups is 1. The van der Waals surface area contributed by atoms with Crippen LogP contribution in [0.15, 0.2) is 11.6 Å². The standard InChI is InChI=1S/C20H37N3O/c1-16(2)19-7-11-22(14-19)10-6-17(3)18-8-12-23(13-9-18)20(24)15-21(4)5/h8,16-17,19H,6-7,9-15H2,1-5H3. The quantitative estimate of drug-likeness (QED) is 0.669. The van der Waals surface area contributed by atoms with Gasteiger partial charge in [0.25, 0.3) is 0 Å². The molecule has 0 bridgehead atoms. The Balaban J connectivity index is 1.73. The van der Waals surface area contributed by atoms with Gasteiger partial charge in [0.2, 0.25) is 5.91 Å². The highest BCUT2D eigenvalue weighted by Gasteiger charge is 2.25. The van der Waals surface area contributed by atoms with Crippen molar-refractivity contribution in [2.45, 2.75) is 40.0 Å². The van der Waals surface area contributed by atoms with Gasteiger partial charge in [-0.2, -0.15) is 0 Å². The van der Waals surface area contributed by atoms with Gasteiger partial charge >= 0.3 is 0 Å². The summed E-state index contributed by atoms with van der Waals surface area (Å²) >= 11 is 0. The largest absolute Gasteiger partial charge is 0.338 e. The van der Waals surface area contributed by atoms with E-state index >= 15 is 0 Å². The third kappa shape index (κ3) is 5.59. The Hall–Kier alpha value is -0.870. The molecular weight excluding hydrogens is 298 g/mol. The van der Waals surface area contributed by atoms with Crippen LogP contribution in [-0.2, 0) is 4.79 Å². The van der Waals surface area contributed by atoms with Crippen molar-refractivity contribution in [3.8, 4) is 0 Å². The lowest BCUT2D eigenvalue weighted by molar-refractivity contribution is -0.131. The first-order valence-electron chi connectivity index (χ1n) is 9.70. The van der Waals surface area contributed by atoms with Gasteiger partial charge in [0.1, 0.15) is 0 Å². The summed E-state index contributed by atoms with van der Waals surface area (Å²) in [5, 5.41) is 0. The summed E-state index contributed by atoms with van der Waals surface area (Å²) in [6, 6.07) is 0. The second kappa shape index (κ2) is 9.00. The minimum atomic E-state index is 0.250. The van der Waals surface area contributed by atoms with E-state index in [1.807, 2.05) is 23.9 Å². The molecule has 0 aromatic carbocycles. The predicted molar refractivity (Wildman–Crippen MR) is 101 cm³/mol. The molecule has 1 fully saturated rings. The molecular formula is C20H37N3O. The van der Waals surface area contributed by atoms with Gasteiger partial charge in [-0.3, -0.25) is 4.79 Å².